The average Bonchev–Trinajstić information content (AvgIpc) is 2.73. The number of hydrogen-bond acceptors (Lipinski definition) is 4. The van der Waals surface area contributed by atoms with Crippen LogP contribution in [-0.2, 0) is 9.53 Å². The smallest absolute Gasteiger partial charge is 0.261 e. The first kappa shape index (κ1) is 14.9. The minimum absolute atomic E-state index is 0.181. The van der Waals surface area contributed by atoms with Gasteiger partial charge < -0.3 is 9.64 Å². The quantitative estimate of drug-likeness (QED) is 0.676. The number of ether oxygens (including phenoxy) is 1. The first-order valence-electron chi connectivity index (χ1n) is 5.81. The van der Waals surface area contributed by atoms with E-state index in [2.05, 4.69) is 10.1 Å². The molecule has 1 rings (SSSR count). The van der Waals surface area contributed by atoms with Crippen molar-refractivity contribution in [1.29, 1.82) is 0 Å². The highest BCUT2D eigenvalue weighted by Gasteiger charge is 2.15. The van der Waals surface area contributed by atoms with Crippen LogP contribution in [0.4, 0.5) is 0 Å². The fourth-order valence-electron chi connectivity index (χ4n) is 1.33. The van der Waals surface area contributed by atoms with Crippen LogP contribution < -0.4 is 0 Å². The number of nitrogens with zero attached hydrogens (tertiary/aromatic N) is 2. The number of unbranched alkanes of at least 4 members (excludes halogenated alkanes) is 1. The molecule has 0 radical (unpaired) electrons. The van der Waals surface area contributed by atoms with E-state index in [4.69, 9.17) is 4.74 Å². The van der Waals surface area contributed by atoms with Gasteiger partial charge in [0.15, 0.2) is 3.69 Å². The molecule has 1 aliphatic heterocycles. The Balaban J connectivity index is 2.28. The highest BCUT2D eigenvalue weighted by Crippen LogP contribution is 2.20. The van der Waals surface area contributed by atoms with Gasteiger partial charge in [-0.05, 0) is 13.3 Å². The Kier molecular flexibility index (Phi) is 7.10. The lowest BCUT2D eigenvalue weighted by Crippen LogP contribution is -2.33. The van der Waals surface area contributed by atoms with Crippen LogP contribution >= 0.6 is 32.8 Å². The van der Waals surface area contributed by atoms with Crippen LogP contribution in [0, 0.1) is 0 Å². The molecule has 0 atom stereocenters. The number of rotatable bonds is 6. The Morgan fingerprint density at radius 3 is 2.82 bits per heavy atom. The van der Waals surface area contributed by atoms with Crippen molar-refractivity contribution in [3.63, 3.8) is 0 Å². The van der Waals surface area contributed by atoms with Crippen molar-refractivity contribution in [3.8, 4) is 0 Å². The molecule has 0 spiro atoms. The van der Waals surface area contributed by atoms with Gasteiger partial charge in [-0.15, -0.1) is 0 Å². The van der Waals surface area contributed by atoms with Crippen LogP contribution in [0.25, 0.3) is 0 Å². The molecular weight excluding hydrogens is 351 g/mol. The summed E-state index contributed by atoms with van der Waals surface area (Å²) in [6, 6.07) is 0. The van der Waals surface area contributed by atoms with Crippen LogP contribution in [0.1, 0.15) is 33.6 Å². The number of carbonyl (C=O) groups is 1. The minimum atomic E-state index is -0.286. The zero-order chi connectivity index (χ0) is 12.7. The summed E-state index contributed by atoms with van der Waals surface area (Å²) in [5, 5.41) is 0.676. The van der Waals surface area contributed by atoms with Crippen LogP contribution in [0.3, 0.4) is 0 Å². The summed E-state index contributed by atoms with van der Waals surface area (Å²) in [5.74, 6) is 0.618. The van der Waals surface area contributed by atoms with Gasteiger partial charge in [0.2, 0.25) is 5.91 Å². The molecule has 1 aliphatic rings. The number of hydrogen-bond donors (Lipinski definition) is 0. The van der Waals surface area contributed by atoms with E-state index in [0.717, 1.165) is 29.6 Å². The van der Waals surface area contributed by atoms with Crippen LogP contribution in [0.15, 0.2) is 3.21 Å². The van der Waals surface area contributed by atoms with Crippen LogP contribution in [0.2, 0.25) is 0 Å². The number of carbonyl (C=O) groups excluding carboxylic acids is 1. The Morgan fingerprint density at radius 2 is 2.29 bits per heavy atom. The highest BCUT2D eigenvalue weighted by atomic mass is 127. The van der Waals surface area contributed by atoms with E-state index >= 15 is 0 Å². The Bertz CT molecular complexity index is 331. The molecule has 0 aromatic rings. The van der Waals surface area contributed by atoms with E-state index in [9.17, 15) is 4.79 Å². The van der Waals surface area contributed by atoms with E-state index in [1.54, 1.807) is 0 Å². The second-order valence-corrected chi connectivity index (χ2v) is 7.03. The molecule has 17 heavy (non-hydrogen) atoms. The predicted octanol–water partition coefficient (Wildman–Crippen LogP) is 2.79. The van der Waals surface area contributed by atoms with Crippen molar-refractivity contribution in [3.05, 3.63) is 0 Å². The second-order valence-electron chi connectivity index (χ2n) is 3.62. The molecule has 0 unspecified atom stereocenters. The van der Waals surface area contributed by atoms with Gasteiger partial charge in [-0.25, -0.2) is 0 Å². The molecule has 0 fully saturated rings. The lowest BCUT2D eigenvalue weighted by molar-refractivity contribution is -0.128. The fraction of sp³-hybridized carbons (Fsp3) is 0.727. The normalized spacial score (nSPS) is 14.5. The van der Waals surface area contributed by atoms with Crippen molar-refractivity contribution < 1.29 is 9.53 Å². The fourth-order valence-corrected chi connectivity index (χ4v) is 3.73. The first-order chi connectivity index (χ1) is 8.17. The molecule has 1 heterocycles. The zero-order valence-electron chi connectivity index (χ0n) is 10.5. The van der Waals surface area contributed by atoms with Gasteiger partial charge >= 0.3 is 0 Å². The maximum atomic E-state index is 11.9. The van der Waals surface area contributed by atoms with E-state index in [0.29, 0.717) is 11.0 Å². The number of halogens is 1. The monoisotopic (exact) mass is 370 g/mol. The lowest BCUT2D eigenvalue weighted by Gasteiger charge is -2.20. The lowest BCUT2D eigenvalue weighted by atomic mass is 10.3. The van der Waals surface area contributed by atoms with Gasteiger partial charge in [0.25, 0.3) is 5.23 Å². The molecule has 98 valence electrons. The van der Waals surface area contributed by atoms with Crippen LogP contribution in [-0.4, -0.2) is 38.6 Å². The summed E-state index contributed by atoms with van der Waals surface area (Å²) in [6.45, 7) is 7.75. The molecule has 0 saturated heterocycles. The van der Waals surface area contributed by atoms with Gasteiger partial charge in [0.1, 0.15) is 0 Å². The van der Waals surface area contributed by atoms with Gasteiger partial charge in [-0.1, -0.05) is 25.1 Å². The van der Waals surface area contributed by atoms with Crippen molar-refractivity contribution in [2.24, 2.45) is 3.21 Å². The number of amides is 1. The molecule has 1 amide bonds. The summed E-state index contributed by atoms with van der Waals surface area (Å²) in [5.41, 5.74) is 0. The summed E-state index contributed by atoms with van der Waals surface area (Å²) >= 11 is 1.13. The molecule has 4 nitrogen and oxygen atoms in total. The minimum Gasteiger partial charge on any atom is -0.431 e. The Hall–Kier alpha value is -0.110. The molecule has 0 bridgehead atoms. The molecule has 0 saturated carbocycles. The zero-order valence-corrected chi connectivity index (χ0v) is 13.5. The molecule has 0 aromatic carbocycles. The van der Waals surface area contributed by atoms with Crippen molar-refractivity contribution in [2.45, 2.75) is 33.6 Å². The van der Waals surface area contributed by atoms with Gasteiger partial charge in [0.05, 0.1) is 26.8 Å². The third-order valence-electron chi connectivity index (χ3n) is 2.29. The average molecular weight is 370 g/mol. The van der Waals surface area contributed by atoms with Gasteiger partial charge in [-0.3, -0.25) is 4.79 Å². The molecule has 0 aliphatic carbocycles. The highest BCUT2D eigenvalue weighted by molar-refractivity contribution is 14.2. The third kappa shape index (κ3) is 5.37. The third-order valence-corrected chi connectivity index (χ3v) is 5.01. The van der Waals surface area contributed by atoms with E-state index in [-0.39, 0.29) is 26.9 Å². The standard InChI is InChI=1S/C11H19IN2O2S/c1-4-6-7-14(5-2)10(15)8-17-11-13-12-9(3)16-11/h4-8H2,1-3H3. The summed E-state index contributed by atoms with van der Waals surface area (Å²) < 4.78 is 10.7. The predicted molar refractivity (Wildman–Crippen MR) is 82.8 cm³/mol. The van der Waals surface area contributed by atoms with E-state index in [1.807, 2.05) is 18.7 Å². The van der Waals surface area contributed by atoms with Crippen molar-refractivity contribution in [2.75, 3.05) is 18.8 Å². The van der Waals surface area contributed by atoms with Crippen LogP contribution in [0.5, 0.6) is 0 Å². The SMILES string of the molecule is CCCCN(CC)C(=O)CSC1=NI=C(C)O1. The summed E-state index contributed by atoms with van der Waals surface area (Å²) in [7, 11) is 0. The molecule has 0 N–H and O–H groups in total. The Labute approximate surface area is 117 Å². The Morgan fingerprint density at radius 1 is 1.53 bits per heavy atom. The summed E-state index contributed by atoms with van der Waals surface area (Å²) in [6.07, 6.45) is 2.19. The second kappa shape index (κ2) is 8.07. The maximum Gasteiger partial charge on any atom is 0.261 e. The van der Waals surface area contributed by atoms with E-state index < -0.39 is 0 Å². The number of thioether (sulfide) groups is 1. The first-order valence-corrected chi connectivity index (χ1v) is 8.84. The van der Waals surface area contributed by atoms with Gasteiger partial charge in [0, 0.05) is 20.0 Å². The largest absolute Gasteiger partial charge is 0.431 e. The van der Waals surface area contributed by atoms with Gasteiger partial charge in [-0.2, -0.15) is 3.21 Å². The van der Waals surface area contributed by atoms with E-state index in [1.165, 1.54) is 11.8 Å². The topological polar surface area (TPSA) is 41.9 Å². The molecule has 0 aromatic heterocycles. The van der Waals surface area contributed by atoms with Crippen molar-refractivity contribution >= 4 is 47.6 Å². The maximum absolute atomic E-state index is 11.9. The van der Waals surface area contributed by atoms with Crippen molar-refractivity contribution in [1.82, 2.24) is 4.90 Å². The summed E-state index contributed by atoms with van der Waals surface area (Å²) in [4.78, 5) is 13.8. The molecular formula is C11H19IN2O2S. The molecule has 6 heteroatoms.